The summed E-state index contributed by atoms with van der Waals surface area (Å²) < 4.78 is 6.09. The van der Waals surface area contributed by atoms with Gasteiger partial charge < -0.3 is 10.5 Å². The van der Waals surface area contributed by atoms with Gasteiger partial charge in [-0.15, -0.1) is 10.2 Å². The summed E-state index contributed by atoms with van der Waals surface area (Å²) in [6.07, 6.45) is 1.10. The van der Waals surface area contributed by atoms with Crippen LogP contribution < -0.4 is 10.5 Å². The minimum atomic E-state index is -0.635. The topological polar surface area (TPSA) is 78.1 Å². The number of carbonyl (C=O) groups is 1. The lowest BCUT2D eigenvalue weighted by Crippen LogP contribution is -2.30. The van der Waals surface area contributed by atoms with E-state index < -0.39 is 6.04 Å². The number of carbonyl (C=O) groups excluding carboxylic acids is 1. The molecule has 0 spiro atoms. The van der Waals surface area contributed by atoms with E-state index in [-0.39, 0.29) is 5.12 Å². The maximum Gasteiger partial charge on any atom is 0.212 e. The minimum absolute atomic E-state index is 0.129. The molecule has 39 heavy (non-hydrogen) atoms. The quantitative estimate of drug-likeness (QED) is 0.212. The minimum Gasteiger partial charge on any atom is -0.455 e. The number of thioether (sulfide) groups is 1. The van der Waals surface area contributed by atoms with Gasteiger partial charge in [0.05, 0.1) is 21.5 Å². The largest absolute Gasteiger partial charge is 0.455 e. The molecule has 1 aliphatic rings. The Morgan fingerprint density at radius 2 is 1.49 bits per heavy atom. The Hall–Kier alpha value is -3.91. The van der Waals surface area contributed by atoms with E-state index in [0.717, 1.165) is 61.0 Å². The third-order valence-electron chi connectivity index (χ3n) is 6.40. The predicted molar refractivity (Wildman–Crippen MR) is 156 cm³/mol. The van der Waals surface area contributed by atoms with Crippen molar-refractivity contribution in [2.45, 2.75) is 33.7 Å². The Kier molecular flexibility index (Phi) is 7.45. The number of hydrogen-bond donors (Lipinski definition) is 1. The van der Waals surface area contributed by atoms with Crippen molar-refractivity contribution < 1.29 is 9.53 Å². The van der Waals surface area contributed by atoms with Crippen molar-refractivity contribution in [1.82, 2.24) is 10.2 Å². The second kappa shape index (κ2) is 11.5. The van der Waals surface area contributed by atoms with Crippen molar-refractivity contribution in [2.24, 2.45) is 5.73 Å². The Balaban J connectivity index is 1.28. The first kappa shape index (κ1) is 25.4. The molecule has 0 aliphatic carbocycles. The fourth-order valence-electron chi connectivity index (χ4n) is 4.40. The molecule has 2 heterocycles. The molecule has 5 aromatic rings. The normalized spacial score (nSPS) is 12.6. The number of fused-ring (bicyclic) bond motifs is 2. The standard InChI is InChI=1S/C32H25N3O2S2/c33-25(18-22-11-5-2-6-12-22)32(36)39-31-24(17-21-9-3-1-4-10-21)19-26(34-35-31)23-15-16-28-30(20-23)38-29-14-8-7-13-27(29)37-28/h1-16,19-20,25H,17-18,33H2. The lowest BCUT2D eigenvalue weighted by atomic mass is 10.0. The van der Waals surface area contributed by atoms with Crippen LogP contribution in [-0.4, -0.2) is 21.4 Å². The summed E-state index contributed by atoms with van der Waals surface area (Å²) in [5.41, 5.74) is 11.1. The summed E-state index contributed by atoms with van der Waals surface area (Å²) in [6.45, 7) is 0. The van der Waals surface area contributed by atoms with Crippen molar-refractivity contribution in [1.29, 1.82) is 0 Å². The average Bonchev–Trinajstić information content (AvgIpc) is 2.97. The van der Waals surface area contributed by atoms with Crippen molar-refractivity contribution in [3.63, 3.8) is 0 Å². The molecular formula is C32H25N3O2S2. The highest BCUT2D eigenvalue weighted by atomic mass is 32.2. The van der Waals surface area contributed by atoms with Gasteiger partial charge in [0.1, 0.15) is 16.5 Å². The zero-order valence-corrected chi connectivity index (χ0v) is 22.6. The number of hydrogen-bond acceptors (Lipinski definition) is 7. The van der Waals surface area contributed by atoms with Crippen LogP contribution in [-0.2, 0) is 17.6 Å². The van der Waals surface area contributed by atoms with Crippen LogP contribution in [0.3, 0.4) is 0 Å². The van der Waals surface area contributed by atoms with E-state index in [4.69, 9.17) is 10.5 Å². The molecule has 0 saturated carbocycles. The third-order valence-corrected chi connectivity index (χ3v) is 8.54. The van der Waals surface area contributed by atoms with Crippen LogP contribution in [0.25, 0.3) is 11.3 Å². The third kappa shape index (κ3) is 5.91. The lowest BCUT2D eigenvalue weighted by Gasteiger charge is -2.20. The van der Waals surface area contributed by atoms with Gasteiger partial charge in [-0.2, -0.15) is 0 Å². The molecule has 192 valence electrons. The maximum absolute atomic E-state index is 13.1. The average molecular weight is 548 g/mol. The first-order chi connectivity index (χ1) is 19.1. The number of nitrogens with two attached hydrogens (primary N) is 1. The molecule has 1 aliphatic heterocycles. The van der Waals surface area contributed by atoms with Crippen molar-refractivity contribution in [3.8, 4) is 22.8 Å². The van der Waals surface area contributed by atoms with E-state index >= 15 is 0 Å². The van der Waals surface area contributed by atoms with Gasteiger partial charge in [-0.05, 0) is 71.3 Å². The SMILES string of the molecule is NC(Cc1ccccc1)C(=O)Sc1nnc(-c2ccc3c(c2)Sc2ccccc2O3)cc1Cc1ccccc1. The summed E-state index contributed by atoms with van der Waals surface area (Å²) in [5, 5.41) is 9.51. The maximum atomic E-state index is 13.1. The molecule has 0 fully saturated rings. The molecule has 5 nitrogen and oxygen atoms in total. The van der Waals surface area contributed by atoms with E-state index in [2.05, 4.69) is 34.5 Å². The summed E-state index contributed by atoms with van der Waals surface area (Å²) in [6, 6.07) is 35.4. The second-order valence-electron chi connectivity index (χ2n) is 9.25. The predicted octanol–water partition coefficient (Wildman–Crippen LogP) is 7.18. The Bertz CT molecular complexity index is 1630. The fourth-order valence-corrected chi connectivity index (χ4v) is 6.16. The summed E-state index contributed by atoms with van der Waals surface area (Å²) >= 11 is 2.75. The van der Waals surface area contributed by atoms with Gasteiger partial charge in [0.15, 0.2) is 0 Å². The number of rotatable bonds is 7. The Morgan fingerprint density at radius 3 is 2.28 bits per heavy atom. The van der Waals surface area contributed by atoms with Crippen LogP contribution in [0.5, 0.6) is 11.5 Å². The fraction of sp³-hybridized carbons (Fsp3) is 0.0938. The number of para-hydroxylation sites is 1. The smallest absolute Gasteiger partial charge is 0.212 e. The van der Waals surface area contributed by atoms with Crippen LogP contribution in [0.1, 0.15) is 16.7 Å². The van der Waals surface area contributed by atoms with Gasteiger partial charge in [0, 0.05) is 12.0 Å². The molecule has 4 aromatic carbocycles. The summed E-state index contributed by atoms with van der Waals surface area (Å²) in [7, 11) is 0. The Morgan fingerprint density at radius 1 is 0.795 bits per heavy atom. The van der Waals surface area contributed by atoms with Gasteiger partial charge >= 0.3 is 0 Å². The zero-order chi connectivity index (χ0) is 26.6. The van der Waals surface area contributed by atoms with Crippen LogP contribution in [0.15, 0.2) is 124 Å². The molecule has 7 heteroatoms. The molecule has 1 unspecified atom stereocenters. The first-order valence-corrected chi connectivity index (χ1v) is 14.3. The van der Waals surface area contributed by atoms with Crippen LogP contribution in [0.4, 0.5) is 0 Å². The van der Waals surface area contributed by atoms with Crippen molar-refractivity contribution in [2.75, 3.05) is 0 Å². The van der Waals surface area contributed by atoms with E-state index in [1.165, 1.54) is 0 Å². The van der Waals surface area contributed by atoms with Crippen LogP contribution in [0, 0.1) is 0 Å². The van der Waals surface area contributed by atoms with Crippen molar-refractivity contribution in [3.05, 3.63) is 126 Å². The van der Waals surface area contributed by atoms with E-state index in [1.807, 2.05) is 84.9 Å². The molecule has 0 amide bonds. The molecule has 1 aromatic heterocycles. The first-order valence-electron chi connectivity index (χ1n) is 12.6. The molecule has 0 bridgehead atoms. The molecule has 2 N–H and O–H groups in total. The lowest BCUT2D eigenvalue weighted by molar-refractivity contribution is -0.112. The molecule has 1 atom stereocenters. The summed E-state index contributed by atoms with van der Waals surface area (Å²) in [5.74, 6) is 1.69. The molecular weight excluding hydrogens is 523 g/mol. The van der Waals surface area contributed by atoms with Gasteiger partial charge in [0.2, 0.25) is 5.12 Å². The van der Waals surface area contributed by atoms with E-state index in [1.54, 1.807) is 11.8 Å². The van der Waals surface area contributed by atoms with Gasteiger partial charge in [-0.1, -0.05) is 84.6 Å². The Labute approximate surface area is 235 Å². The van der Waals surface area contributed by atoms with Gasteiger partial charge in [-0.25, -0.2) is 0 Å². The highest BCUT2D eigenvalue weighted by Crippen LogP contribution is 2.47. The number of benzene rings is 4. The van der Waals surface area contributed by atoms with E-state index in [0.29, 0.717) is 17.9 Å². The van der Waals surface area contributed by atoms with Crippen molar-refractivity contribution >= 4 is 28.6 Å². The molecule has 6 rings (SSSR count). The number of nitrogens with zero attached hydrogens (tertiary/aromatic N) is 2. The van der Waals surface area contributed by atoms with E-state index in [9.17, 15) is 4.79 Å². The summed E-state index contributed by atoms with van der Waals surface area (Å²) in [4.78, 5) is 15.2. The highest BCUT2D eigenvalue weighted by Gasteiger charge is 2.21. The number of ether oxygens (including phenoxy) is 1. The second-order valence-corrected chi connectivity index (χ2v) is 11.3. The van der Waals surface area contributed by atoms with Crippen LogP contribution in [0.2, 0.25) is 0 Å². The van der Waals surface area contributed by atoms with Gasteiger partial charge in [-0.3, -0.25) is 4.79 Å². The highest BCUT2D eigenvalue weighted by molar-refractivity contribution is 8.13. The van der Waals surface area contributed by atoms with Crippen LogP contribution >= 0.6 is 23.5 Å². The monoisotopic (exact) mass is 547 g/mol. The van der Waals surface area contributed by atoms with Gasteiger partial charge in [0.25, 0.3) is 0 Å². The molecule has 0 saturated heterocycles. The number of aromatic nitrogens is 2. The molecule has 0 radical (unpaired) electrons. The zero-order valence-electron chi connectivity index (χ0n) is 21.0.